The van der Waals surface area contributed by atoms with E-state index in [0.29, 0.717) is 11.3 Å². The van der Waals surface area contributed by atoms with Crippen LogP contribution in [0.3, 0.4) is 0 Å². The third kappa shape index (κ3) is 3.51. The molecule has 0 atom stereocenters. The predicted molar refractivity (Wildman–Crippen MR) is 75.9 cm³/mol. The van der Waals surface area contributed by atoms with Gasteiger partial charge in [0, 0.05) is 4.90 Å². The van der Waals surface area contributed by atoms with E-state index in [0.717, 1.165) is 11.0 Å². The highest BCUT2D eigenvalue weighted by Crippen LogP contribution is 2.20. The molecule has 3 nitrogen and oxygen atoms in total. The van der Waals surface area contributed by atoms with Gasteiger partial charge in [0.15, 0.2) is 0 Å². The lowest BCUT2D eigenvalue weighted by Crippen LogP contribution is -2.03. The number of halogens is 1. The van der Waals surface area contributed by atoms with E-state index < -0.39 is 11.8 Å². The zero-order valence-corrected chi connectivity index (χ0v) is 11.6. The van der Waals surface area contributed by atoms with Crippen LogP contribution in [0.4, 0.5) is 4.39 Å². The molecule has 0 fully saturated rings. The van der Waals surface area contributed by atoms with E-state index in [1.807, 2.05) is 30.5 Å². The number of carboxylic acid groups (broad SMARTS) is 1. The van der Waals surface area contributed by atoms with Gasteiger partial charge in [-0.15, -0.1) is 11.8 Å². The fourth-order valence-corrected chi connectivity index (χ4v) is 2.07. The van der Waals surface area contributed by atoms with Crippen LogP contribution in [0, 0.1) is 5.82 Å². The van der Waals surface area contributed by atoms with Crippen LogP contribution in [0.2, 0.25) is 0 Å². The van der Waals surface area contributed by atoms with E-state index in [4.69, 9.17) is 9.84 Å². The predicted octanol–water partition coefficient (Wildman–Crippen LogP) is 3.82. The van der Waals surface area contributed by atoms with Crippen molar-refractivity contribution in [2.45, 2.75) is 11.5 Å². The van der Waals surface area contributed by atoms with Gasteiger partial charge >= 0.3 is 5.97 Å². The van der Waals surface area contributed by atoms with Crippen LogP contribution in [0.1, 0.15) is 15.9 Å². The first-order valence-electron chi connectivity index (χ1n) is 5.88. The summed E-state index contributed by atoms with van der Waals surface area (Å²) in [6.07, 6.45) is 1.99. The molecule has 0 aromatic heterocycles. The SMILES string of the molecule is CSc1ccc(OCc2ccc(F)c(C(=O)O)c2)cc1. The fourth-order valence-electron chi connectivity index (χ4n) is 1.66. The van der Waals surface area contributed by atoms with Crippen LogP contribution >= 0.6 is 11.8 Å². The molecule has 2 rings (SSSR count). The zero-order valence-electron chi connectivity index (χ0n) is 10.8. The number of ether oxygens (including phenoxy) is 1. The third-order valence-corrected chi connectivity index (χ3v) is 3.47. The van der Waals surface area contributed by atoms with Crippen molar-refractivity contribution in [1.29, 1.82) is 0 Å². The Kier molecular flexibility index (Phi) is 4.63. The molecule has 0 saturated heterocycles. The molecule has 0 heterocycles. The summed E-state index contributed by atoms with van der Waals surface area (Å²) < 4.78 is 18.8. The summed E-state index contributed by atoms with van der Waals surface area (Å²) in [6.45, 7) is 0.194. The van der Waals surface area contributed by atoms with Gasteiger partial charge in [0.25, 0.3) is 0 Å². The Bertz CT molecular complexity index is 611. The topological polar surface area (TPSA) is 46.5 Å². The molecule has 0 aliphatic rings. The molecule has 2 aromatic carbocycles. The number of benzene rings is 2. The van der Waals surface area contributed by atoms with Crippen molar-refractivity contribution in [2.75, 3.05) is 6.26 Å². The largest absolute Gasteiger partial charge is 0.489 e. The summed E-state index contributed by atoms with van der Waals surface area (Å²) in [6, 6.07) is 11.5. The lowest BCUT2D eigenvalue weighted by atomic mass is 10.1. The molecule has 0 spiro atoms. The van der Waals surface area contributed by atoms with E-state index in [9.17, 15) is 9.18 Å². The van der Waals surface area contributed by atoms with Crippen molar-refractivity contribution in [3.8, 4) is 5.75 Å². The van der Waals surface area contributed by atoms with Crippen molar-refractivity contribution in [2.24, 2.45) is 0 Å². The quantitative estimate of drug-likeness (QED) is 0.851. The maximum Gasteiger partial charge on any atom is 0.338 e. The average Bonchev–Trinajstić information content (AvgIpc) is 2.46. The second-order valence-electron chi connectivity index (χ2n) is 4.08. The van der Waals surface area contributed by atoms with Crippen molar-refractivity contribution in [3.05, 3.63) is 59.4 Å². The zero-order chi connectivity index (χ0) is 14.5. The average molecular weight is 292 g/mol. The number of carboxylic acids is 1. The number of hydrogen-bond donors (Lipinski definition) is 1. The minimum absolute atomic E-state index is 0.194. The number of aromatic carboxylic acids is 1. The highest BCUT2D eigenvalue weighted by atomic mass is 32.2. The molecule has 0 unspecified atom stereocenters. The van der Waals surface area contributed by atoms with E-state index in [-0.39, 0.29) is 12.2 Å². The molecule has 0 amide bonds. The standard InChI is InChI=1S/C15H13FO3S/c1-20-12-5-3-11(4-6-12)19-9-10-2-7-14(16)13(8-10)15(17)18/h2-8H,9H2,1H3,(H,17,18). The van der Waals surface area contributed by atoms with Crippen molar-refractivity contribution in [1.82, 2.24) is 0 Å². The van der Waals surface area contributed by atoms with Crippen molar-refractivity contribution >= 4 is 17.7 Å². The van der Waals surface area contributed by atoms with Crippen LogP contribution in [0.15, 0.2) is 47.4 Å². The van der Waals surface area contributed by atoms with Gasteiger partial charge in [-0.05, 0) is 48.2 Å². The second-order valence-corrected chi connectivity index (χ2v) is 4.96. The summed E-state index contributed by atoms with van der Waals surface area (Å²) in [5.74, 6) is -1.34. The molecule has 0 aliphatic carbocycles. The van der Waals surface area contributed by atoms with Crippen LogP contribution < -0.4 is 4.74 Å². The van der Waals surface area contributed by atoms with E-state index in [1.54, 1.807) is 11.8 Å². The molecule has 0 aliphatic heterocycles. The first-order chi connectivity index (χ1) is 9.60. The number of carbonyl (C=O) groups is 1. The molecular weight excluding hydrogens is 279 g/mol. The smallest absolute Gasteiger partial charge is 0.338 e. The maximum atomic E-state index is 13.2. The van der Waals surface area contributed by atoms with Crippen molar-refractivity contribution in [3.63, 3.8) is 0 Å². The highest BCUT2D eigenvalue weighted by molar-refractivity contribution is 7.98. The molecule has 0 bridgehead atoms. The number of hydrogen-bond acceptors (Lipinski definition) is 3. The van der Waals surface area contributed by atoms with Gasteiger partial charge in [-0.1, -0.05) is 6.07 Å². The summed E-state index contributed by atoms with van der Waals surface area (Å²) in [5.41, 5.74) is 0.265. The number of thioether (sulfide) groups is 1. The van der Waals surface area contributed by atoms with Crippen LogP contribution in [-0.2, 0) is 6.61 Å². The summed E-state index contributed by atoms with van der Waals surface area (Å²) in [5, 5.41) is 8.85. The van der Waals surface area contributed by atoms with E-state index in [1.165, 1.54) is 12.1 Å². The second kappa shape index (κ2) is 6.43. The molecular formula is C15H13FO3S. The Balaban J connectivity index is 2.06. The first kappa shape index (κ1) is 14.4. The van der Waals surface area contributed by atoms with E-state index in [2.05, 4.69) is 0 Å². The van der Waals surface area contributed by atoms with Crippen LogP contribution in [-0.4, -0.2) is 17.3 Å². The molecule has 1 N–H and O–H groups in total. The Labute approximate surface area is 120 Å². The fraction of sp³-hybridized carbons (Fsp3) is 0.133. The molecule has 104 valence electrons. The molecule has 5 heteroatoms. The summed E-state index contributed by atoms with van der Waals surface area (Å²) in [4.78, 5) is 12.0. The Morgan fingerprint density at radius 3 is 2.55 bits per heavy atom. The number of rotatable bonds is 5. The Morgan fingerprint density at radius 2 is 1.95 bits per heavy atom. The minimum atomic E-state index is -1.28. The molecule has 0 radical (unpaired) electrons. The van der Waals surface area contributed by atoms with Gasteiger partial charge < -0.3 is 9.84 Å². The molecule has 0 saturated carbocycles. The van der Waals surface area contributed by atoms with Gasteiger partial charge in [0.1, 0.15) is 18.2 Å². The van der Waals surface area contributed by atoms with E-state index >= 15 is 0 Å². The summed E-state index contributed by atoms with van der Waals surface area (Å²) >= 11 is 1.64. The lowest BCUT2D eigenvalue weighted by Gasteiger charge is -2.08. The minimum Gasteiger partial charge on any atom is -0.489 e. The highest BCUT2D eigenvalue weighted by Gasteiger charge is 2.10. The van der Waals surface area contributed by atoms with Crippen LogP contribution in [0.5, 0.6) is 5.75 Å². The third-order valence-electron chi connectivity index (χ3n) is 2.73. The Morgan fingerprint density at radius 1 is 1.25 bits per heavy atom. The van der Waals surface area contributed by atoms with Gasteiger partial charge in [-0.3, -0.25) is 0 Å². The van der Waals surface area contributed by atoms with Gasteiger partial charge in [0.2, 0.25) is 0 Å². The monoisotopic (exact) mass is 292 g/mol. The Hall–Kier alpha value is -2.01. The normalized spacial score (nSPS) is 10.3. The molecule has 20 heavy (non-hydrogen) atoms. The van der Waals surface area contributed by atoms with Gasteiger partial charge in [0.05, 0.1) is 5.56 Å². The van der Waals surface area contributed by atoms with Crippen LogP contribution in [0.25, 0.3) is 0 Å². The van der Waals surface area contributed by atoms with Gasteiger partial charge in [-0.2, -0.15) is 0 Å². The molecule has 2 aromatic rings. The summed E-state index contributed by atoms with van der Waals surface area (Å²) in [7, 11) is 0. The van der Waals surface area contributed by atoms with Gasteiger partial charge in [-0.25, -0.2) is 9.18 Å². The van der Waals surface area contributed by atoms with Crippen molar-refractivity contribution < 1.29 is 19.0 Å². The maximum absolute atomic E-state index is 13.2. The first-order valence-corrected chi connectivity index (χ1v) is 7.11. The lowest BCUT2D eigenvalue weighted by molar-refractivity contribution is 0.0691.